The van der Waals surface area contributed by atoms with Crippen LogP contribution < -0.4 is 15.2 Å². The van der Waals surface area contributed by atoms with Crippen LogP contribution in [0.2, 0.25) is 0 Å². The highest BCUT2D eigenvalue weighted by atomic mass is 16.5. The molecule has 21 heavy (non-hydrogen) atoms. The first kappa shape index (κ1) is 14.6. The first-order valence-electron chi connectivity index (χ1n) is 6.09. The van der Waals surface area contributed by atoms with Crippen LogP contribution in [-0.4, -0.2) is 30.2 Å². The Morgan fingerprint density at radius 3 is 2.57 bits per heavy atom. The molecule has 0 aliphatic rings. The minimum absolute atomic E-state index is 0.0677. The lowest BCUT2D eigenvalue weighted by atomic mass is 10.3. The Kier molecular flexibility index (Phi) is 4.22. The normalized spacial score (nSPS) is 10.0. The Morgan fingerprint density at radius 1 is 1.14 bits per heavy atom. The predicted molar refractivity (Wildman–Crippen MR) is 75.6 cm³/mol. The van der Waals surface area contributed by atoms with Gasteiger partial charge in [-0.3, -0.25) is 0 Å². The Bertz CT molecular complexity index is 673. The molecule has 2 rings (SSSR count). The Labute approximate surface area is 121 Å². The van der Waals surface area contributed by atoms with Gasteiger partial charge in [0.05, 0.1) is 14.2 Å². The number of aryl methyl sites for hydroxylation is 1. The largest absolute Gasteiger partial charge is 0.493 e. The molecule has 0 atom stereocenters. The van der Waals surface area contributed by atoms with Gasteiger partial charge in [-0.05, 0) is 19.1 Å². The fourth-order valence-corrected chi connectivity index (χ4v) is 1.66. The van der Waals surface area contributed by atoms with Crippen molar-refractivity contribution in [2.24, 2.45) is 0 Å². The zero-order valence-corrected chi connectivity index (χ0v) is 11.9. The maximum absolute atomic E-state index is 11.5. The van der Waals surface area contributed by atoms with Crippen LogP contribution in [0.1, 0.15) is 16.3 Å². The molecule has 0 unspecified atom stereocenters. The molecule has 1 aromatic carbocycles. The summed E-state index contributed by atoms with van der Waals surface area (Å²) in [4.78, 5) is 19.5. The van der Waals surface area contributed by atoms with Gasteiger partial charge in [0.25, 0.3) is 0 Å². The van der Waals surface area contributed by atoms with Crippen LogP contribution in [0.15, 0.2) is 24.3 Å². The molecule has 0 aliphatic heterocycles. The van der Waals surface area contributed by atoms with Crippen molar-refractivity contribution < 1.29 is 19.0 Å². The standard InChI is InChI=1S/C14H15N3O4/c1-8-6-12(17-13(16-8)14(18)20-3)21-10-5-4-9(15)7-11(10)19-2/h4-7H,15H2,1-3H3. The zero-order valence-electron chi connectivity index (χ0n) is 11.9. The molecule has 0 saturated heterocycles. The number of nitrogens with two attached hydrogens (primary N) is 1. The highest BCUT2D eigenvalue weighted by Gasteiger charge is 2.14. The van der Waals surface area contributed by atoms with E-state index in [2.05, 4.69) is 14.7 Å². The van der Waals surface area contributed by atoms with Gasteiger partial charge in [0, 0.05) is 23.5 Å². The van der Waals surface area contributed by atoms with Crippen LogP contribution in [0.25, 0.3) is 0 Å². The number of hydrogen-bond acceptors (Lipinski definition) is 7. The average molecular weight is 289 g/mol. The van der Waals surface area contributed by atoms with E-state index in [0.29, 0.717) is 22.9 Å². The van der Waals surface area contributed by atoms with Gasteiger partial charge in [0.15, 0.2) is 11.5 Å². The fourth-order valence-electron chi connectivity index (χ4n) is 1.66. The number of aromatic nitrogens is 2. The van der Waals surface area contributed by atoms with Gasteiger partial charge in [-0.25, -0.2) is 9.78 Å². The molecule has 7 nitrogen and oxygen atoms in total. The van der Waals surface area contributed by atoms with Crippen molar-refractivity contribution >= 4 is 11.7 Å². The number of nitrogen functional groups attached to an aromatic ring is 1. The van der Waals surface area contributed by atoms with E-state index in [9.17, 15) is 4.79 Å². The summed E-state index contributed by atoms with van der Waals surface area (Å²) in [5, 5.41) is 0. The van der Waals surface area contributed by atoms with Crippen molar-refractivity contribution in [1.29, 1.82) is 0 Å². The summed E-state index contributed by atoms with van der Waals surface area (Å²) in [6, 6.07) is 6.56. The molecule has 0 amide bonds. The number of benzene rings is 1. The van der Waals surface area contributed by atoms with Gasteiger partial charge < -0.3 is 19.9 Å². The zero-order chi connectivity index (χ0) is 15.4. The molecular weight excluding hydrogens is 274 g/mol. The molecule has 2 N–H and O–H groups in total. The van der Waals surface area contributed by atoms with Crippen LogP contribution in [-0.2, 0) is 4.74 Å². The number of esters is 1. The first-order chi connectivity index (χ1) is 10.0. The van der Waals surface area contributed by atoms with E-state index in [1.54, 1.807) is 31.2 Å². The Balaban J connectivity index is 2.35. The fraction of sp³-hybridized carbons (Fsp3) is 0.214. The number of carbonyl (C=O) groups is 1. The van der Waals surface area contributed by atoms with Crippen molar-refractivity contribution in [3.63, 3.8) is 0 Å². The second-order valence-corrected chi connectivity index (χ2v) is 4.18. The van der Waals surface area contributed by atoms with E-state index in [4.69, 9.17) is 15.2 Å². The molecule has 0 radical (unpaired) electrons. The summed E-state index contributed by atoms with van der Waals surface area (Å²) in [7, 11) is 2.77. The molecule has 0 bridgehead atoms. The van der Waals surface area contributed by atoms with E-state index in [1.165, 1.54) is 14.2 Å². The third-order valence-electron chi connectivity index (χ3n) is 2.60. The van der Waals surface area contributed by atoms with Crippen molar-refractivity contribution in [1.82, 2.24) is 9.97 Å². The molecule has 0 aliphatic carbocycles. The molecule has 0 spiro atoms. The van der Waals surface area contributed by atoms with E-state index in [-0.39, 0.29) is 11.7 Å². The molecule has 1 aromatic heterocycles. The quantitative estimate of drug-likeness (QED) is 0.678. The monoisotopic (exact) mass is 289 g/mol. The minimum Gasteiger partial charge on any atom is -0.493 e. The number of hydrogen-bond donors (Lipinski definition) is 1. The number of methoxy groups -OCH3 is 2. The molecule has 2 aromatic rings. The second-order valence-electron chi connectivity index (χ2n) is 4.18. The highest BCUT2D eigenvalue weighted by Crippen LogP contribution is 2.32. The molecular formula is C14H15N3O4. The van der Waals surface area contributed by atoms with Crippen molar-refractivity contribution in [2.45, 2.75) is 6.92 Å². The lowest BCUT2D eigenvalue weighted by Gasteiger charge is -2.11. The van der Waals surface area contributed by atoms with E-state index >= 15 is 0 Å². The molecule has 110 valence electrons. The smallest absolute Gasteiger partial charge is 0.376 e. The number of ether oxygens (including phenoxy) is 3. The Hall–Kier alpha value is -2.83. The maximum Gasteiger partial charge on any atom is 0.376 e. The van der Waals surface area contributed by atoms with Crippen molar-refractivity contribution in [3.8, 4) is 17.4 Å². The van der Waals surface area contributed by atoms with Gasteiger partial charge in [-0.1, -0.05) is 0 Å². The second kappa shape index (κ2) is 6.08. The van der Waals surface area contributed by atoms with Crippen LogP contribution in [0.3, 0.4) is 0 Å². The highest BCUT2D eigenvalue weighted by molar-refractivity contribution is 5.85. The van der Waals surface area contributed by atoms with E-state index in [0.717, 1.165) is 0 Å². The summed E-state index contributed by atoms with van der Waals surface area (Å²) in [5.41, 5.74) is 6.81. The predicted octanol–water partition coefficient (Wildman–Crippen LogP) is 1.95. The first-order valence-corrected chi connectivity index (χ1v) is 6.09. The van der Waals surface area contributed by atoms with Gasteiger partial charge in [0.2, 0.25) is 11.7 Å². The summed E-state index contributed by atoms with van der Waals surface area (Å²) in [5.74, 6) is 0.409. The third-order valence-corrected chi connectivity index (χ3v) is 2.60. The number of rotatable bonds is 4. The number of nitrogens with zero attached hydrogens (tertiary/aromatic N) is 2. The van der Waals surface area contributed by atoms with Crippen LogP contribution in [0, 0.1) is 6.92 Å². The summed E-state index contributed by atoms with van der Waals surface area (Å²) >= 11 is 0. The summed E-state index contributed by atoms with van der Waals surface area (Å²) < 4.78 is 15.4. The van der Waals surface area contributed by atoms with Crippen LogP contribution in [0.4, 0.5) is 5.69 Å². The lowest BCUT2D eigenvalue weighted by Crippen LogP contribution is -2.09. The average Bonchev–Trinajstić information content (AvgIpc) is 2.47. The van der Waals surface area contributed by atoms with Gasteiger partial charge in [-0.2, -0.15) is 4.98 Å². The topological polar surface area (TPSA) is 96.6 Å². The third kappa shape index (κ3) is 3.38. The van der Waals surface area contributed by atoms with Crippen molar-refractivity contribution in [3.05, 3.63) is 35.8 Å². The summed E-state index contributed by atoms with van der Waals surface area (Å²) in [6.45, 7) is 1.72. The van der Waals surface area contributed by atoms with E-state index in [1.807, 2.05) is 0 Å². The molecule has 0 fully saturated rings. The van der Waals surface area contributed by atoms with E-state index < -0.39 is 5.97 Å². The number of anilines is 1. The van der Waals surface area contributed by atoms with Crippen LogP contribution >= 0.6 is 0 Å². The molecule has 0 saturated carbocycles. The summed E-state index contributed by atoms with van der Waals surface area (Å²) in [6.07, 6.45) is 0. The SMILES string of the molecule is COC(=O)c1nc(C)cc(Oc2ccc(N)cc2OC)n1. The van der Waals surface area contributed by atoms with Crippen molar-refractivity contribution in [2.75, 3.05) is 20.0 Å². The molecule has 1 heterocycles. The lowest BCUT2D eigenvalue weighted by molar-refractivity contribution is 0.0585. The Morgan fingerprint density at radius 2 is 1.90 bits per heavy atom. The van der Waals surface area contributed by atoms with Gasteiger partial charge in [0.1, 0.15) is 0 Å². The maximum atomic E-state index is 11.5. The molecule has 7 heteroatoms. The van der Waals surface area contributed by atoms with Gasteiger partial charge in [-0.15, -0.1) is 0 Å². The van der Waals surface area contributed by atoms with Crippen LogP contribution in [0.5, 0.6) is 17.4 Å². The van der Waals surface area contributed by atoms with Gasteiger partial charge >= 0.3 is 5.97 Å². The minimum atomic E-state index is -0.632. The number of carbonyl (C=O) groups excluding carboxylic acids is 1.